The van der Waals surface area contributed by atoms with Crippen molar-refractivity contribution < 1.29 is 24.5 Å². The van der Waals surface area contributed by atoms with E-state index >= 15 is 0 Å². The average Bonchev–Trinajstić information content (AvgIpc) is 2.82. The second-order valence-electron chi connectivity index (χ2n) is 9.16. The third-order valence-corrected chi connectivity index (χ3v) is 6.99. The van der Waals surface area contributed by atoms with Crippen LogP contribution in [0.2, 0.25) is 5.02 Å². The first-order valence-corrected chi connectivity index (χ1v) is 12.2. The zero-order valence-corrected chi connectivity index (χ0v) is 21.0. The Bertz CT molecular complexity index is 1330. The van der Waals surface area contributed by atoms with Crippen LogP contribution in [0.25, 0.3) is 22.3 Å². The van der Waals surface area contributed by atoms with Crippen LogP contribution in [0, 0.1) is 0 Å². The van der Waals surface area contributed by atoms with Crippen molar-refractivity contribution >= 4 is 28.7 Å². The fourth-order valence-electron chi connectivity index (χ4n) is 4.82. The number of carbonyl (C=O) groups is 1. The molecule has 0 aliphatic carbocycles. The van der Waals surface area contributed by atoms with E-state index in [0.717, 1.165) is 4.90 Å². The van der Waals surface area contributed by atoms with E-state index in [9.17, 15) is 24.9 Å². The van der Waals surface area contributed by atoms with Crippen molar-refractivity contribution in [3.63, 3.8) is 0 Å². The minimum absolute atomic E-state index is 0.118. The number of benzene rings is 2. The molecule has 2 aromatic carbocycles. The second kappa shape index (κ2) is 10.9. The summed E-state index contributed by atoms with van der Waals surface area (Å²) in [6, 6.07) is 9.70. The Morgan fingerprint density at radius 1 is 1.31 bits per heavy atom. The molecule has 2 atom stereocenters. The Kier molecular flexibility index (Phi) is 7.85. The number of aliphatic hydroxyl groups excluding tert-OH is 1. The Labute approximate surface area is 213 Å². The fourth-order valence-corrected chi connectivity index (χ4v) is 5.05. The highest BCUT2D eigenvalue weighted by Crippen LogP contribution is 2.41. The van der Waals surface area contributed by atoms with Crippen LogP contribution in [-0.2, 0) is 6.54 Å². The highest BCUT2D eigenvalue weighted by molar-refractivity contribution is 6.33. The molecule has 3 aromatic rings. The van der Waals surface area contributed by atoms with Gasteiger partial charge in [0.1, 0.15) is 17.1 Å². The summed E-state index contributed by atoms with van der Waals surface area (Å²) >= 11 is 6.37. The summed E-state index contributed by atoms with van der Waals surface area (Å²) in [7, 11) is 3.62. The molecule has 1 saturated heterocycles. The SMILES string of the molecule is CNCCN(Cc1cc(O)c([C@H]2CCN(C)C[C@H]2O)c2oc(-c3ccccc3Cl)cc(=O)c12)C(=O)O. The maximum absolute atomic E-state index is 13.5. The molecule has 192 valence electrons. The maximum atomic E-state index is 13.5. The number of amides is 1. The molecule has 0 spiro atoms. The van der Waals surface area contributed by atoms with Crippen LogP contribution in [0.3, 0.4) is 0 Å². The number of likely N-dealkylation sites (N-methyl/N-ethyl adjacent to an activating group) is 2. The number of aromatic hydroxyl groups is 1. The quantitative estimate of drug-likeness (QED) is 0.377. The Morgan fingerprint density at radius 3 is 2.72 bits per heavy atom. The predicted octanol–water partition coefficient (Wildman–Crippen LogP) is 3.30. The number of halogens is 1. The molecular weight excluding hydrogens is 486 g/mol. The molecule has 36 heavy (non-hydrogen) atoms. The Hall–Kier alpha value is -3.11. The van der Waals surface area contributed by atoms with E-state index in [-0.39, 0.29) is 41.0 Å². The number of β-amino-alcohol motifs (C(OH)–C–C–N with tert-alkyl or cyclic N) is 1. The van der Waals surface area contributed by atoms with Crippen molar-refractivity contribution in [1.29, 1.82) is 0 Å². The average molecular weight is 516 g/mol. The van der Waals surface area contributed by atoms with Gasteiger partial charge in [-0.15, -0.1) is 0 Å². The third kappa shape index (κ3) is 5.19. The summed E-state index contributed by atoms with van der Waals surface area (Å²) in [5.41, 5.74) is 0.937. The van der Waals surface area contributed by atoms with Crippen molar-refractivity contribution in [3.05, 3.63) is 62.8 Å². The minimum atomic E-state index is -1.15. The number of hydrogen-bond acceptors (Lipinski definition) is 7. The summed E-state index contributed by atoms with van der Waals surface area (Å²) in [6.07, 6.45) is -1.39. The highest BCUT2D eigenvalue weighted by atomic mass is 35.5. The van der Waals surface area contributed by atoms with E-state index in [4.69, 9.17) is 16.0 Å². The van der Waals surface area contributed by atoms with Crippen LogP contribution in [0.1, 0.15) is 23.5 Å². The zero-order valence-electron chi connectivity index (χ0n) is 20.2. The lowest BCUT2D eigenvalue weighted by molar-refractivity contribution is 0.0631. The van der Waals surface area contributed by atoms with Crippen molar-refractivity contribution in [2.24, 2.45) is 0 Å². The molecule has 4 N–H and O–H groups in total. The summed E-state index contributed by atoms with van der Waals surface area (Å²) < 4.78 is 6.27. The second-order valence-corrected chi connectivity index (χ2v) is 9.57. The number of nitrogens with zero attached hydrogens (tertiary/aromatic N) is 2. The first kappa shape index (κ1) is 26.0. The Balaban J connectivity index is 1.95. The molecule has 1 fully saturated rings. The van der Waals surface area contributed by atoms with Crippen LogP contribution >= 0.6 is 11.6 Å². The molecular formula is C26H30ClN3O6. The van der Waals surface area contributed by atoms with Gasteiger partial charge >= 0.3 is 6.09 Å². The molecule has 9 nitrogen and oxygen atoms in total. The monoisotopic (exact) mass is 515 g/mol. The predicted molar refractivity (Wildman–Crippen MR) is 138 cm³/mol. The highest BCUT2D eigenvalue weighted by Gasteiger charge is 2.33. The van der Waals surface area contributed by atoms with Gasteiger partial charge in [-0.05, 0) is 50.8 Å². The molecule has 4 rings (SSSR count). The van der Waals surface area contributed by atoms with Gasteiger partial charge < -0.3 is 34.9 Å². The molecule has 0 radical (unpaired) electrons. The van der Waals surface area contributed by atoms with E-state index in [1.54, 1.807) is 31.3 Å². The van der Waals surface area contributed by atoms with E-state index in [2.05, 4.69) is 5.32 Å². The fraction of sp³-hybridized carbons (Fsp3) is 0.385. The number of hydrogen-bond donors (Lipinski definition) is 4. The van der Waals surface area contributed by atoms with Gasteiger partial charge in [0.25, 0.3) is 0 Å². The summed E-state index contributed by atoms with van der Waals surface area (Å²) in [5, 5.41) is 35.2. The number of aliphatic hydroxyl groups is 1. The van der Waals surface area contributed by atoms with Gasteiger partial charge in [-0.3, -0.25) is 4.79 Å². The number of carboxylic acid groups (broad SMARTS) is 1. The smallest absolute Gasteiger partial charge is 0.407 e. The van der Waals surface area contributed by atoms with Gasteiger partial charge in [-0.25, -0.2) is 4.79 Å². The lowest BCUT2D eigenvalue weighted by atomic mass is 9.84. The number of phenolic OH excluding ortho intramolecular Hbond substituents is 1. The van der Waals surface area contributed by atoms with E-state index < -0.39 is 18.1 Å². The largest absolute Gasteiger partial charge is 0.508 e. The number of phenols is 1. The molecule has 1 amide bonds. The number of rotatable bonds is 7. The van der Waals surface area contributed by atoms with E-state index in [0.29, 0.717) is 47.8 Å². The summed E-state index contributed by atoms with van der Waals surface area (Å²) in [6.45, 7) is 1.58. The van der Waals surface area contributed by atoms with Gasteiger partial charge in [0.2, 0.25) is 0 Å². The molecule has 1 aromatic heterocycles. The van der Waals surface area contributed by atoms with Gasteiger partial charge in [-0.1, -0.05) is 23.7 Å². The van der Waals surface area contributed by atoms with Gasteiger partial charge in [-0.2, -0.15) is 0 Å². The summed E-state index contributed by atoms with van der Waals surface area (Å²) in [5.74, 6) is -0.393. The molecule has 10 heteroatoms. The van der Waals surface area contributed by atoms with Gasteiger partial charge in [0.05, 0.1) is 23.1 Å². The first-order chi connectivity index (χ1) is 17.2. The molecule has 0 saturated carbocycles. The zero-order chi connectivity index (χ0) is 26.0. The third-order valence-electron chi connectivity index (χ3n) is 6.66. The number of likely N-dealkylation sites (tertiary alicyclic amines) is 1. The lowest BCUT2D eigenvalue weighted by Gasteiger charge is -2.34. The maximum Gasteiger partial charge on any atom is 0.407 e. The van der Waals surface area contributed by atoms with Crippen LogP contribution in [-0.4, -0.2) is 77.6 Å². The molecule has 0 unspecified atom stereocenters. The van der Waals surface area contributed by atoms with Gasteiger partial charge in [0.15, 0.2) is 5.43 Å². The molecule has 1 aliphatic heterocycles. The normalized spacial score (nSPS) is 18.4. The van der Waals surface area contributed by atoms with Crippen molar-refractivity contribution in [2.75, 3.05) is 40.3 Å². The summed E-state index contributed by atoms with van der Waals surface area (Å²) in [4.78, 5) is 28.5. The van der Waals surface area contributed by atoms with E-state index in [1.807, 2.05) is 11.9 Å². The Morgan fingerprint density at radius 2 is 2.06 bits per heavy atom. The van der Waals surface area contributed by atoms with Crippen LogP contribution < -0.4 is 10.7 Å². The van der Waals surface area contributed by atoms with Crippen molar-refractivity contribution in [2.45, 2.75) is 25.0 Å². The number of piperidine rings is 1. The topological polar surface area (TPSA) is 126 Å². The molecule has 1 aliphatic rings. The standard InChI is InChI=1S/C26H30ClN3O6/c1-28-8-10-30(26(34)35)13-15-11-19(31)24(17-7-9-29(2)14-21(17)33)25-23(15)20(32)12-22(36-25)16-5-3-4-6-18(16)27/h3-6,11-12,17,21,28,31,33H,7-10,13-14H2,1-2H3,(H,34,35)/t17-,21+/m0/s1. The number of fused-ring (bicyclic) bond motifs is 1. The first-order valence-electron chi connectivity index (χ1n) is 11.8. The van der Waals surface area contributed by atoms with E-state index in [1.165, 1.54) is 12.1 Å². The van der Waals surface area contributed by atoms with Crippen LogP contribution in [0.15, 0.2) is 45.6 Å². The van der Waals surface area contributed by atoms with Crippen LogP contribution in [0.5, 0.6) is 5.75 Å². The van der Waals surface area contributed by atoms with Crippen molar-refractivity contribution in [3.8, 4) is 17.1 Å². The molecule has 2 heterocycles. The lowest BCUT2D eigenvalue weighted by Crippen LogP contribution is -2.40. The van der Waals surface area contributed by atoms with Gasteiger partial charge in [0, 0.05) is 42.7 Å². The van der Waals surface area contributed by atoms with Crippen molar-refractivity contribution in [1.82, 2.24) is 15.1 Å². The molecule has 0 bridgehead atoms. The van der Waals surface area contributed by atoms with Crippen LogP contribution in [0.4, 0.5) is 4.79 Å². The number of nitrogens with one attached hydrogen (secondary N) is 1. The minimum Gasteiger partial charge on any atom is -0.508 e.